The van der Waals surface area contributed by atoms with Gasteiger partial charge in [-0.2, -0.15) is 5.06 Å². The van der Waals surface area contributed by atoms with E-state index < -0.39 is 35.5 Å². The van der Waals surface area contributed by atoms with Crippen LogP contribution in [-0.4, -0.2) is 38.8 Å². The van der Waals surface area contributed by atoms with Gasteiger partial charge in [-0.25, -0.2) is 0 Å². The molecule has 0 radical (unpaired) electrons. The number of aromatic hydroxyl groups is 1. The Hall–Kier alpha value is -3.32. The maximum atomic E-state index is 13.0. The van der Waals surface area contributed by atoms with Crippen molar-refractivity contribution in [2.24, 2.45) is 17.8 Å². The predicted molar refractivity (Wildman–Crippen MR) is 103 cm³/mol. The Morgan fingerprint density at radius 2 is 1.83 bits per heavy atom. The molecule has 4 atom stereocenters. The van der Waals surface area contributed by atoms with Crippen molar-refractivity contribution in [3.8, 4) is 5.75 Å². The summed E-state index contributed by atoms with van der Waals surface area (Å²) in [6.45, 7) is 1.59. The van der Waals surface area contributed by atoms with Crippen molar-refractivity contribution in [3.63, 3.8) is 0 Å². The fourth-order valence-electron chi connectivity index (χ4n) is 5.45. The van der Waals surface area contributed by atoms with Gasteiger partial charge in [-0.3, -0.25) is 24.4 Å². The van der Waals surface area contributed by atoms with E-state index in [2.05, 4.69) is 0 Å². The van der Waals surface area contributed by atoms with Crippen molar-refractivity contribution in [1.82, 2.24) is 5.06 Å². The summed E-state index contributed by atoms with van der Waals surface area (Å²) in [5, 5.41) is 20.1. The number of hydroxylamine groups is 2. The van der Waals surface area contributed by atoms with Gasteiger partial charge in [-0.1, -0.05) is 23.8 Å². The van der Waals surface area contributed by atoms with Gasteiger partial charge in [0.05, 0.1) is 11.8 Å². The van der Waals surface area contributed by atoms with E-state index in [1.54, 1.807) is 25.1 Å². The summed E-state index contributed by atoms with van der Waals surface area (Å²) in [4.78, 5) is 50.9. The Labute approximate surface area is 171 Å². The van der Waals surface area contributed by atoms with E-state index >= 15 is 0 Å². The van der Waals surface area contributed by atoms with Gasteiger partial charge < -0.3 is 5.11 Å². The molecule has 7 heteroatoms. The SMILES string of the molecule is CC1=CC(=O)C2=C(C[C@@H]3C(=CC[C@@H]4C(=O)N(O)C(=O)[C@@H]43)[C@@H]2c2cccc(O)c2)C1=O. The van der Waals surface area contributed by atoms with Gasteiger partial charge in [-0.05, 0) is 49.5 Å². The highest BCUT2D eigenvalue weighted by molar-refractivity contribution is 6.23. The third-order valence-corrected chi connectivity index (χ3v) is 6.74. The zero-order chi connectivity index (χ0) is 21.3. The third-order valence-electron chi connectivity index (χ3n) is 6.74. The Morgan fingerprint density at radius 3 is 2.57 bits per heavy atom. The maximum Gasteiger partial charge on any atom is 0.257 e. The Balaban J connectivity index is 1.72. The monoisotopic (exact) mass is 405 g/mol. The van der Waals surface area contributed by atoms with Gasteiger partial charge in [0.15, 0.2) is 11.6 Å². The maximum absolute atomic E-state index is 13.0. The molecule has 2 amide bonds. The fraction of sp³-hybridized carbons (Fsp3) is 0.304. The van der Waals surface area contributed by atoms with Crippen LogP contribution in [0.25, 0.3) is 0 Å². The molecule has 4 aliphatic rings. The van der Waals surface area contributed by atoms with Gasteiger partial charge in [0.25, 0.3) is 11.8 Å². The van der Waals surface area contributed by atoms with Crippen LogP contribution in [0.4, 0.5) is 0 Å². The van der Waals surface area contributed by atoms with Crippen molar-refractivity contribution in [3.05, 3.63) is 64.3 Å². The van der Waals surface area contributed by atoms with E-state index in [4.69, 9.17) is 0 Å². The minimum absolute atomic E-state index is 0.0287. The molecule has 0 spiro atoms. The highest BCUT2D eigenvalue weighted by Gasteiger charge is 2.56. The quantitative estimate of drug-likeness (QED) is 0.321. The van der Waals surface area contributed by atoms with Gasteiger partial charge in [0.2, 0.25) is 0 Å². The summed E-state index contributed by atoms with van der Waals surface area (Å²) >= 11 is 0. The molecule has 1 aromatic carbocycles. The summed E-state index contributed by atoms with van der Waals surface area (Å²) in [5.74, 6) is -4.28. The first-order valence-corrected chi connectivity index (χ1v) is 9.85. The number of Topliss-reactive ketones (excluding diaryl/α,β-unsaturated/α-hetero) is 1. The van der Waals surface area contributed by atoms with Crippen LogP contribution in [0.15, 0.2) is 58.7 Å². The number of allylic oxidation sites excluding steroid dienone is 6. The Kier molecular flexibility index (Phi) is 3.95. The minimum atomic E-state index is -0.773. The number of phenols is 1. The normalized spacial score (nSPS) is 30.7. The molecule has 5 rings (SSSR count). The predicted octanol–water partition coefficient (Wildman–Crippen LogP) is 2.21. The van der Waals surface area contributed by atoms with Crippen molar-refractivity contribution in [2.45, 2.75) is 25.7 Å². The number of carbonyl (C=O) groups is 4. The lowest BCUT2D eigenvalue weighted by Crippen LogP contribution is -2.39. The smallest absolute Gasteiger partial charge is 0.257 e. The van der Waals surface area contributed by atoms with Crippen LogP contribution in [0.2, 0.25) is 0 Å². The first kappa shape index (κ1) is 18.7. The summed E-state index contributed by atoms with van der Waals surface area (Å²) in [5.41, 5.74) is 2.49. The first-order chi connectivity index (χ1) is 14.3. The van der Waals surface area contributed by atoms with Crippen molar-refractivity contribution in [2.75, 3.05) is 0 Å². The zero-order valence-corrected chi connectivity index (χ0v) is 16.2. The molecule has 1 saturated heterocycles. The van der Waals surface area contributed by atoms with Crippen LogP contribution in [0, 0.1) is 17.8 Å². The number of carbonyl (C=O) groups excluding carboxylic acids is 4. The lowest BCUT2D eigenvalue weighted by molar-refractivity contribution is -0.173. The highest BCUT2D eigenvalue weighted by atomic mass is 16.5. The van der Waals surface area contributed by atoms with Gasteiger partial charge in [0, 0.05) is 22.6 Å². The Morgan fingerprint density at radius 1 is 1.07 bits per heavy atom. The van der Waals surface area contributed by atoms with Gasteiger partial charge >= 0.3 is 0 Å². The number of fused-ring (bicyclic) bond motifs is 3. The second-order valence-electron chi connectivity index (χ2n) is 8.31. The lowest BCUT2D eigenvalue weighted by atomic mass is 9.59. The third kappa shape index (κ3) is 2.42. The molecule has 30 heavy (non-hydrogen) atoms. The van der Waals surface area contributed by atoms with Gasteiger partial charge in [0.1, 0.15) is 5.75 Å². The number of hydrogen-bond donors (Lipinski definition) is 2. The summed E-state index contributed by atoms with van der Waals surface area (Å²) < 4.78 is 0. The molecular weight excluding hydrogens is 386 g/mol. The van der Waals surface area contributed by atoms with Crippen LogP contribution >= 0.6 is 0 Å². The number of phenolic OH excluding ortho intramolecular Hbond substituents is 1. The molecule has 7 nitrogen and oxygen atoms in total. The van der Waals surface area contributed by atoms with Gasteiger partial charge in [-0.15, -0.1) is 0 Å². The topological polar surface area (TPSA) is 112 Å². The molecule has 1 fully saturated rings. The van der Waals surface area contributed by atoms with E-state index in [0.29, 0.717) is 22.3 Å². The van der Waals surface area contributed by atoms with Crippen LogP contribution in [0.5, 0.6) is 5.75 Å². The molecular formula is C23H19NO6. The molecule has 0 unspecified atom stereocenters. The molecule has 2 N–H and O–H groups in total. The minimum Gasteiger partial charge on any atom is -0.508 e. The second-order valence-corrected chi connectivity index (χ2v) is 8.31. The molecule has 1 aromatic rings. The zero-order valence-electron chi connectivity index (χ0n) is 16.2. The Bertz CT molecular complexity index is 1140. The molecule has 1 aliphatic heterocycles. The summed E-state index contributed by atoms with van der Waals surface area (Å²) in [7, 11) is 0. The molecule has 0 bridgehead atoms. The van der Waals surface area contributed by atoms with E-state index in [-0.39, 0.29) is 35.2 Å². The lowest BCUT2D eigenvalue weighted by Gasteiger charge is -2.42. The molecule has 1 heterocycles. The van der Waals surface area contributed by atoms with Crippen molar-refractivity contribution < 1.29 is 29.5 Å². The number of nitrogens with zero attached hydrogens (tertiary/aromatic N) is 1. The first-order valence-electron chi connectivity index (χ1n) is 9.85. The number of hydrogen-bond acceptors (Lipinski definition) is 6. The van der Waals surface area contributed by atoms with E-state index in [0.717, 1.165) is 5.57 Å². The average Bonchev–Trinajstić information content (AvgIpc) is 2.95. The second kappa shape index (κ2) is 6.34. The summed E-state index contributed by atoms with van der Waals surface area (Å²) in [6, 6.07) is 6.50. The molecule has 3 aliphatic carbocycles. The average molecular weight is 405 g/mol. The standard InChI is InChI=1S/C23H19NO6/c1-10-7-17(26)20-16(21(10)27)9-15-13(18(20)11-3-2-4-12(25)8-11)5-6-14-19(15)23(29)24(30)22(14)28/h2-5,7-8,14-15,18-19,25,30H,6,9H2,1H3/t14-,15+,18-,19-/m0/s1. The fourth-order valence-corrected chi connectivity index (χ4v) is 5.45. The number of imide groups is 1. The van der Waals surface area contributed by atoms with E-state index in [1.165, 1.54) is 12.1 Å². The largest absolute Gasteiger partial charge is 0.508 e. The van der Waals surface area contributed by atoms with Crippen molar-refractivity contribution in [1.29, 1.82) is 0 Å². The number of benzene rings is 1. The van der Waals surface area contributed by atoms with Crippen LogP contribution < -0.4 is 0 Å². The van der Waals surface area contributed by atoms with E-state index in [1.807, 2.05) is 6.08 Å². The van der Waals surface area contributed by atoms with Crippen LogP contribution in [0.3, 0.4) is 0 Å². The van der Waals surface area contributed by atoms with Crippen LogP contribution in [-0.2, 0) is 19.2 Å². The van der Waals surface area contributed by atoms with Crippen LogP contribution in [0.1, 0.15) is 31.2 Å². The number of ketones is 2. The molecule has 152 valence electrons. The highest BCUT2D eigenvalue weighted by Crippen LogP contribution is 2.54. The van der Waals surface area contributed by atoms with Crippen molar-refractivity contribution >= 4 is 23.4 Å². The number of amides is 2. The summed E-state index contributed by atoms with van der Waals surface area (Å²) in [6.07, 6.45) is 3.63. The van der Waals surface area contributed by atoms with E-state index in [9.17, 15) is 29.5 Å². The number of rotatable bonds is 1. The molecule has 0 saturated carbocycles. The molecule has 0 aromatic heterocycles.